The second-order valence-corrected chi connectivity index (χ2v) is 0. The first-order valence-electron chi connectivity index (χ1n) is 0. The molecule has 0 N–H and O–H groups in total. The summed E-state index contributed by atoms with van der Waals surface area (Å²) < 4.78 is 0. The summed E-state index contributed by atoms with van der Waals surface area (Å²) in [5, 5.41) is 0. The molecule has 0 saturated carbocycles. The molecule has 1 radical (unpaired) electrons. The van der Waals surface area contributed by atoms with E-state index in [1.165, 1.54) is 0 Å². The Morgan fingerprint density at radius 1 is 1.00 bits per heavy atom. The first kappa shape index (κ1) is 35.2. The Labute approximate surface area is 64.8 Å². The minimum Gasteiger partial charge on any atom is -0.153 e. The zero-order valence-corrected chi connectivity index (χ0v) is 6.73. The van der Waals surface area contributed by atoms with Crippen molar-refractivity contribution in [3.05, 3.63) is 0 Å². The largest absolute Gasteiger partial charge is 0.153 e. The topological polar surface area (TPSA) is 0 Å². The molecule has 0 aliphatic heterocycles. The summed E-state index contributed by atoms with van der Waals surface area (Å²) in [6.07, 6.45) is 0. The van der Waals surface area contributed by atoms with E-state index in [1.807, 2.05) is 0 Å². The SMILES string of the molecule is P.[Cu].[Ni].[Ti]. The Balaban J connectivity index is 0. The molecular formula is H3CuNiPTi. The molecule has 1 unspecified atom stereocenters. The van der Waals surface area contributed by atoms with Crippen molar-refractivity contribution < 1.29 is 55.3 Å². The molecule has 0 rings (SSSR count). The van der Waals surface area contributed by atoms with Gasteiger partial charge < -0.3 is 0 Å². The maximum atomic E-state index is 0. The molecule has 0 saturated heterocycles. The minimum absolute atomic E-state index is 0. The Morgan fingerprint density at radius 3 is 1.00 bits per heavy atom. The number of rotatable bonds is 0. The van der Waals surface area contributed by atoms with Crippen LogP contribution in [0.3, 0.4) is 0 Å². The van der Waals surface area contributed by atoms with Gasteiger partial charge in [-0.3, -0.25) is 0 Å². The third kappa shape index (κ3) is 8.90. The monoisotopic (exact) mass is 203 g/mol. The Kier molecular flexibility index (Phi) is 168. The first-order chi connectivity index (χ1) is 0. The van der Waals surface area contributed by atoms with E-state index in [0.717, 1.165) is 0 Å². The van der Waals surface area contributed by atoms with E-state index in [-0.39, 0.29) is 65.2 Å². The van der Waals surface area contributed by atoms with Crippen molar-refractivity contribution in [2.45, 2.75) is 0 Å². The van der Waals surface area contributed by atoms with Gasteiger partial charge >= 0.3 is 0 Å². The Bertz CT molecular complexity index is 8.00. The molecule has 0 aliphatic rings. The minimum atomic E-state index is 0. The maximum absolute atomic E-state index is 0. The van der Waals surface area contributed by atoms with Gasteiger partial charge in [-0.2, -0.15) is 9.90 Å². The molecule has 33 valence electrons. The second kappa shape index (κ2) is 19.2. The standard InChI is InChI=1S/Cu.Ni.H3P.Ti/h;;1H3;. The summed E-state index contributed by atoms with van der Waals surface area (Å²) >= 11 is 0. The fourth-order valence-electron chi connectivity index (χ4n) is 0. The van der Waals surface area contributed by atoms with Crippen molar-refractivity contribution >= 4 is 9.90 Å². The van der Waals surface area contributed by atoms with Crippen molar-refractivity contribution in [2.24, 2.45) is 0 Å². The van der Waals surface area contributed by atoms with Gasteiger partial charge in [0.05, 0.1) is 0 Å². The van der Waals surface area contributed by atoms with Crippen LogP contribution in [0, 0.1) is 0 Å². The summed E-state index contributed by atoms with van der Waals surface area (Å²) in [6, 6.07) is 0. The van der Waals surface area contributed by atoms with E-state index in [4.69, 9.17) is 0 Å². The van der Waals surface area contributed by atoms with E-state index < -0.39 is 0 Å². The predicted molar refractivity (Wildman–Crippen MR) is 11.1 cm³/mol. The summed E-state index contributed by atoms with van der Waals surface area (Å²) in [4.78, 5) is 0. The van der Waals surface area contributed by atoms with Gasteiger partial charge in [-0.25, -0.2) is 0 Å². The van der Waals surface area contributed by atoms with Gasteiger partial charge in [0.1, 0.15) is 0 Å². The molecule has 0 bridgehead atoms. The Hall–Kier alpha value is 2.16. The van der Waals surface area contributed by atoms with E-state index in [1.54, 1.807) is 0 Å². The van der Waals surface area contributed by atoms with Crippen molar-refractivity contribution in [2.75, 3.05) is 0 Å². The third-order valence-electron chi connectivity index (χ3n) is 0. The van der Waals surface area contributed by atoms with E-state index >= 15 is 0 Å². The van der Waals surface area contributed by atoms with Crippen molar-refractivity contribution in [1.82, 2.24) is 0 Å². The van der Waals surface area contributed by atoms with Gasteiger partial charge in [-0.15, -0.1) is 0 Å². The molecule has 0 aromatic carbocycles. The predicted octanol–water partition coefficient (Wildman–Crippen LogP) is 0.0506. The van der Waals surface area contributed by atoms with Gasteiger partial charge in [0.15, 0.2) is 0 Å². The first-order valence-corrected chi connectivity index (χ1v) is 0. The van der Waals surface area contributed by atoms with Gasteiger partial charge in [-0.05, 0) is 0 Å². The molecule has 0 fully saturated rings. The molecule has 4 heavy (non-hydrogen) atoms. The van der Waals surface area contributed by atoms with Crippen LogP contribution in [-0.4, -0.2) is 0 Å². The summed E-state index contributed by atoms with van der Waals surface area (Å²) in [6.45, 7) is 0. The van der Waals surface area contributed by atoms with E-state index in [2.05, 4.69) is 0 Å². The zero-order valence-electron chi connectivity index (χ0n) is 1.82. The molecule has 1 atom stereocenters. The molecule has 0 spiro atoms. The fourth-order valence-corrected chi connectivity index (χ4v) is 0. The van der Waals surface area contributed by atoms with Crippen molar-refractivity contribution in [3.63, 3.8) is 0 Å². The fraction of sp³-hybridized carbons (Fsp3) is 0. The molecule has 0 heterocycles. The van der Waals surface area contributed by atoms with Crippen LogP contribution >= 0.6 is 9.90 Å². The summed E-state index contributed by atoms with van der Waals surface area (Å²) in [7, 11) is 0. The van der Waals surface area contributed by atoms with Crippen LogP contribution in [0.1, 0.15) is 0 Å². The molecule has 0 aromatic rings. The molecule has 0 aromatic heterocycles. The van der Waals surface area contributed by atoms with Gasteiger partial charge in [-0.1, -0.05) is 0 Å². The summed E-state index contributed by atoms with van der Waals surface area (Å²) in [5.41, 5.74) is 0. The van der Waals surface area contributed by atoms with Crippen LogP contribution < -0.4 is 0 Å². The number of hydrogen-bond donors (Lipinski definition) is 0. The van der Waals surface area contributed by atoms with Gasteiger partial charge in [0.2, 0.25) is 0 Å². The van der Waals surface area contributed by atoms with Crippen LogP contribution in [0.25, 0.3) is 0 Å². The van der Waals surface area contributed by atoms with Crippen LogP contribution in [0.5, 0.6) is 0 Å². The molecule has 4 heteroatoms. The maximum Gasteiger partial charge on any atom is 0 e. The quantitative estimate of drug-likeness (QED) is 0.386. The third-order valence-corrected chi connectivity index (χ3v) is 0. The van der Waals surface area contributed by atoms with E-state index in [9.17, 15) is 0 Å². The van der Waals surface area contributed by atoms with Crippen LogP contribution in [-0.2, 0) is 55.3 Å². The smallest absolute Gasteiger partial charge is 0 e. The van der Waals surface area contributed by atoms with Crippen LogP contribution in [0.2, 0.25) is 0 Å². The zero-order chi connectivity index (χ0) is 0. The van der Waals surface area contributed by atoms with Crippen molar-refractivity contribution in [3.8, 4) is 0 Å². The average Bonchev–Trinajstić information content (AvgIpc) is 0. The summed E-state index contributed by atoms with van der Waals surface area (Å²) in [5.74, 6) is 0. The molecule has 0 aliphatic carbocycles. The van der Waals surface area contributed by atoms with E-state index in [0.29, 0.717) is 0 Å². The Morgan fingerprint density at radius 2 is 1.00 bits per heavy atom. The molecule has 0 amide bonds. The molecular weight excluding hydrogens is 201 g/mol. The number of hydrogen-bond acceptors (Lipinski definition) is 0. The normalized spacial score (nSPS) is 0. The average molecular weight is 204 g/mol. The second-order valence-electron chi connectivity index (χ2n) is 0. The van der Waals surface area contributed by atoms with Crippen molar-refractivity contribution in [1.29, 1.82) is 0 Å². The van der Waals surface area contributed by atoms with Gasteiger partial charge in [0, 0.05) is 55.3 Å². The van der Waals surface area contributed by atoms with Crippen LogP contribution in [0.4, 0.5) is 0 Å². The van der Waals surface area contributed by atoms with Crippen LogP contribution in [0.15, 0.2) is 0 Å². The molecule has 0 nitrogen and oxygen atoms in total. The van der Waals surface area contributed by atoms with Gasteiger partial charge in [0.25, 0.3) is 0 Å².